The molecule has 0 aliphatic heterocycles. The van der Waals surface area contributed by atoms with Gasteiger partial charge in [-0.3, -0.25) is 4.72 Å². The molecule has 4 rings (SSSR count). The first kappa shape index (κ1) is 17.9. The number of para-hydroxylation sites is 2. The second-order valence-electron chi connectivity index (χ2n) is 6.11. The van der Waals surface area contributed by atoms with Gasteiger partial charge in [0.2, 0.25) is 5.82 Å². The first-order valence-electron chi connectivity index (χ1n) is 8.60. The van der Waals surface area contributed by atoms with E-state index < -0.39 is 10.0 Å². The molecule has 7 nitrogen and oxygen atoms in total. The molecule has 0 unspecified atom stereocenters. The number of allylic oxidation sites excluding steroid dienone is 1. The number of nitrogens with one attached hydrogen (secondary N) is 1. The van der Waals surface area contributed by atoms with Crippen molar-refractivity contribution >= 4 is 26.9 Å². The summed E-state index contributed by atoms with van der Waals surface area (Å²) in [6.07, 6.45) is 7.23. The van der Waals surface area contributed by atoms with Gasteiger partial charge in [-0.25, -0.2) is 23.0 Å². The normalized spacial score (nSPS) is 11.4. The number of aromatic nitrogens is 4. The summed E-state index contributed by atoms with van der Waals surface area (Å²) in [5.41, 5.74) is 1.27. The van der Waals surface area contributed by atoms with Crippen molar-refractivity contribution in [2.45, 2.75) is 11.4 Å². The van der Waals surface area contributed by atoms with Crippen molar-refractivity contribution in [1.29, 1.82) is 0 Å². The van der Waals surface area contributed by atoms with Crippen LogP contribution >= 0.6 is 0 Å². The van der Waals surface area contributed by atoms with Crippen LogP contribution in [-0.4, -0.2) is 23.0 Å². The van der Waals surface area contributed by atoms with Gasteiger partial charge in [0.15, 0.2) is 0 Å². The number of rotatable bonds is 6. The number of hydrogen-bond donors (Lipinski definition) is 1. The van der Waals surface area contributed by atoms with Crippen LogP contribution in [0.2, 0.25) is 0 Å². The van der Waals surface area contributed by atoms with Gasteiger partial charge >= 0.3 is 0 Å². The van der Waals surface area contributed by atoms with Crippen LogP contribution in [0.4, 0.5) is 5.82 Å². The molecule has 0 saturated carbocycles. The van der Waals surface area contributed by atoms with Crippen LogP contribution in [0.15, 0.2) is 90.9 Å². The summed E-state index contributed by atoms with van der Waals surface area (Å²) in [5, 5.41) is 0. The Morgan fingerprint density at radius 3 is 2.43 bits per heavy atom. The molecular formula is C20H18N5O2S+. The molecule has 0 saturated heterocycles. The maximum atomic E-state index is 12.8. The van der Waals surface area contributed by atoms with Crippen molar-refractivity contribution in [3.8, 4) is 5.82 Å². The molecular weight excluding hydrogens is 374 g/mol. The lowest BCUT2D eigenvalue weighted by Crippen LogP contribution is -2.29. The summed E-state index contributed by atoms with van der Waals surface area (Å²) in [7, 11) is -3.80. The molecule has 2 aromatic heterocycles. The quantitative estimate of drug-likeness (QED) is 0.404. The smallest absolute Gasteiger partial charge is 0.258 e. The van der Waals surface area contributed by atoms with Crippen LogP contribution in [0.5, 0.6) is 0 Å². The van der Waals surface area contributed by atoms with E-state index in [1.54, 1.807) is 47.4 Å². The predicted molar refractivity (Wildman–Crippen MR) is 107 cm³/mol. The summed E-state index contributed by atoms with van der Waals surface area (Å²) in [4.78, 5) is 9.30. The van der Waals surface area contributed by atoms with Gasteiger partial charge < -0.3 is 0 Å². The Bertz CT molecular complexity index is 1250. The Kier molecular flexibility index (Phi) is 4.62. The number of imidazole rings is 1. The highest BCUT2D eigenvalue weighted by Crippen LogP contribution is 2.23. The highest BCUT2D eigenvalue weighted by Gasteiger charge is 2.22. The summed E-state index contributed by atoms with van der Waals surface area (Å²) in [6.45, 7) is 4.35. The average molecular weight is 392 g/mol. The lowest BCUT2D eigenvalue weighted by atomic mass is 10.3. The fourth-order valence-corrected chi connectivity index (χ4v) is 3.83. The largest absolute Gasteiger partial charge is 0.270 e. The van der Waals surface area contributed by atoms with Crippen LogP contribution in [0.1, 0.15) is 0 Å². The monoisotopic (exact) mass is 392 g/mol. The minimum Gasteiger partial charge on any atom is -0.258 e. The molecule has 4 aromatic rings. The van der Waals surface area contributed by atoms with Gasteiger partial charge in [0.1, 0.15) is 18.9 Å². The fourth-order valence-electron chi connectivity index (χ4n) is 2.80. The van der Waals surface area contributed by atoms with Crippen molar-refractivity contribution < 1.29 is 13.0 Å². The van der Waals surface area contributed by atoms with Crippen molar-refractivity contribution in [3.05, 3.63) is 86.0 Å². The molecule has 0 atom stereocenters. The highest BCUT2D eigenvalue weighted by molar-refractivity contribution is 7.92. The van der Waals surface area contributed by atoms with Gasteiger partial charge in [-0.15, -0.1) is 0 Å². The number of anilines is 1. The van der Waals surface area contributed by atoms with E-state index in [0.29, 0.717) is 23.4 Å². The average Bonchev–Trinajstić information content (AvgIpc) is 3.16. The minimum absolute atomic E-state index is 0.156. The second-order valence-corrected chi connectivity index (χ2v) is 7.79. The summed E-state index contributed by atoms with van der Waals surface area (Å²) in [5.74, 6) is 0.546. The van der Waals surface area contributed by atoms with E-state index in [2.05, 4.69) is 21.3 Å². The van der Waals surface area contributed by atoms with Crippen molar-refractivity contribution in [1.82, 2.24) is 14.5 Å². The van der Waals surface area contributed by atoms with E-state index in [1.807, 2.05) is 29.0 Å². The summed E-state index contributed by atoms with van der Waals surface area (Å²) >= 11 is 0. The number of nitrogens with zero attached hydrogens (tertiary/aromatic N) is 4. The number of fused-ring (bicyclic) bond motifs is 1. The zero-order valence-electron chi connectivity index (χ0n) is 14.9. The third-order valence-electron chi connectivity index (χ3n) is 4.11. The van der Waals surface area contributed by atoms with Crippen molar-refractivity contribution in [3.63, 3.8) is 0 Å². The Balaban J connectivity index is 1.84. The lowest BCUT2D eigenvalue weighted by molar-refractivity contribution is -0.686. The van der Waals surface area contributed by atoms with E-state index in [9.17, 15) is 8.42 Å². The molecule has 2 aromatic carbocycles. The summed E-state index contributed by atoms with van der Waals surface area (Å²) in [6, 6.07) is 15.5. The van der Waals surface area contributed by atoms with Crippen LogP contribution < -0.4 is 9.29 Å². The molecule has 0 spiro atoms. The van der Waals surface area contributed by atoms with Gasteiger partial charge in [-0.1, -0.05) is 43.0 Å². The number of sulfonamides is 1. The van der Waals surface area contributed by atoms with E-state index in [-0.39, 0.29) is 10.7 Å². The van der Waals surface area contributed by atoms with Crippen LogP contribution in [-0.2, 0) is 16.6 Å². The fraction of sp³-hybridized carbons (Fsp3) is 0.0500. The van der Waals surface area contributed by atoms with Gasteiger partial charge in [0.05, 0.1) is 15.9 Å². The van der Waals surface area contributed by atoms with Crippen LogP contribution in [0, 0.1) is 0 Å². The van der Waals surface area contributed by atoms with Crippen molar-refractivity contribution in [2.75, 3.05) is 4.72 Å². The number of benzene rings is 2. The Morgan fingerprint density at radius 2 is 1.71 bits per heavy atom. The number of hydrogen-bond acceptors (Lipinski definition) is 4. The highest BCUT2D eigenvalue weighted by atomic mass is 32.2. The van der Waals surface area contributed by atoms with E-state index >= 15 is 0 Å². The molecule has 0 radical (unpaired) electrons. The zero-order valence-corrected chi connectivity index (χ0v) is 15.7. The predicted octanol–water partition coefficient (Wildman–Crippen LogP) is 2.69. The van der Waals surface area contributed by atoms with E-state index in [4.69, 9.17) is 0 Å². The molecule has 8 heteroatoms. The standard InChI is InChI=1S/C20H18N5O2S/c1-2-12-24-13-14-25(15-24)20-19(21-17-10-6-7-11-18(17)22-20)23-28(26,27)16-8-4-3-5-9-16/h2-11,13-15H,1,12H2,(H,21,23)/q+1. The lowest BCUT2D eigenvalue weighted by Gasteiger charge is -2.10. The maximum absolute atomic E-state index is 12.8. The first-order valence-corrected chi connectivity index (χ1v) is 10.1. The zero-order chi connectivity index (χ0) is 19.6. The first-order chi connectivity index (χ1) is 13.6. The molecule has 1 N–H and O–H groups in total. The topological polar surface area (TPSA) is 80.8 Å². The Hall–Kier alpha value is -3.52. The molecule has 0 amide bonds. The third kappa shape index (κ3) is 3.49. The molecule has 0 fully saturated rings. The molecule has 0 bridgehead atoms. The maximum Gasteiger partial charge on any atom is 0.270 e. The van der Waals surface area contributed by atoms with Gasteiger partial charge in [0, 0.05) is 0 Å². The van der Waals surface area contributed by atoms with Gasteiger partial charge in [-0.05, 0) is 24.3 Å². The van der Waals surface area contributed by atoms with Crippen LogP contribution in [0.25, 0.3) is 16.9 Å². The van der Waals surface area contributed by atoms with Gasteiger partial charge in [0.25, 0.3) is 22.2 Å². The van der Waals surface area contributed by atoms with E-state index in [0.717, 1.165) is 0 Å². The summed E-state index contributed by atoms with van der Waals surface area (Å²) < 4.78 is 31.9. The van der Waals surface area contributed by atoms with Crippen LogP contribution in [0.3, 0.4) is 0 Å². The molecule has 0 aliphatic rings. The SMILES string of the molecule is C=CC[n+]1ccn(-c2nc3ccccc3nc2NS(=O)(=O)c2ccccc2)c1. The minimum atomic E-state index is -3.80. The molecule has 0 aliphatic carbocycles. The van der Waals surface area contributed by atoms with Crippen molar-refractivity contribution in [2.24, 2.45) is 0 Å². The van der Waals surface area contributed by atoms with Gasteiger partial charge in [-0.2, -0.15) is 4.57 Å². The molecule has 28 heavy (non-hydrogen) atoms. The van der Waals surface area contributed by atoms with E-state index in [1.165, 1.54) is 12.1 Å². The Labute approximate surface area is 162 Å². The Morgan fingerprint density at radius 1 is 1.04 bits per heavy atom. The molecule has 140 valence electrons. The third-order valence-corrected chi connectivity index (χ3v) is 5.47. The molecule has 2 heterocycles. The second kappa shape index (κ2) is 7.24.